The highest BCUT2D eigenvalue weighted by Crippen LogP contribution is 2.41. The Hall–Kier alpha value is -0.620. The van der Waals surface area contributed by atoms with E-state index in [4.69, 9.17) is 0 Å². The Balaban J connectivity index is 1.49. The Morgan fingerprint density at radius 3 is 2.42 bits per heavy atom. The van der Waals surface area contributed by atoms with E-state index in [0.29, 0.717) is 24.8 Å². The van der Waals surface area contributed by atoms with E-state index < -0.39 is 9.84 Å². The monoisotopic (exact) mass is 356 g/mol. The largest absolute Gasteiger partial charge is 0.352 e. The molecule has 2 saturated carbocycles. The summed E-state index contributed by atoms with van der Waals surface area (Å²) in [4.78, 5) is 14.7. The number of sulfone groups is 1. The highest BCUT2D eigenvalue weighted by molar-refractivity contribution is 7.90. The summed E-state index contributed by atoms with van der Waals surface area (Å²) < 4.78 is 22.8. The summed E-state index contributed by atoms with van der Waals surface area (Å²) in [6.45, 7) is 2.35. The Morgan fingerprint density at radius 2 is 1.79 bits per heavy atom. The van der Waals surface area contributed by atoms with Crippen LogP contribution in [0, 0.1) is 17.8 Å². The first-order valence-corrected chi connectivity index (χ1v) is 11.7. The molecule has 24 heavy (non-hydrogen) atoms. The standard InChI is InChI=1S/C18H32N2O3S/c1-24(22,23)10-9-20-12-16(15-7-8-15)17(13-20)19-18(21)11-14-5-3-2-4-6-14/h14-17H,2-13H2,1H3,(H,19,21)/t16-,17+/m1/s1. The Labute approximate surface area is 146 Å². The third-order valence-corrected chi connectivity index (χ3v) is 6.92. The van der Waals surface area contributed by atoms with E-state index in [2.05, 4.69) is 10.2 Å². The van der Waals surface area contributed by atoms with Gasteiger partial charge in [0.05, 0.1) is 5.75 Å². The van der Waals surface area contributed by atoms with Gasteiger partial charge >= 0.3 is 0 Å². The fraction of sp³-hybridized carbons (Fsp3) is 0.944. The average molecular weight is 357 g/mol. The van der Waals surface area contributed by atoms with Crippen LogP contribution in [0.4, 0.5) is 0 Å². The minimum absolute atomic E-state index is 0.211. The van der Waals surface area contributed by atoms with Gasteiger partial charge < -0.3 is 5.32 Å². The van der Waals surface area contributed by atoms with E-state index in [1.807, 2.05) is 0 Å². The zero-order valence-electron chi connectivity index (χ0n) is 14.9. The Bertz CT molecular complexity index is 538. The van der Waals surface area contributed by atoms with Gasteiger partial charge in [-0.15, -0.1) is 0 Å². The van der Waals surface area contributed by atoms with Crippen molar-refractivity contribution in [3.05, 3.63) is 0 Å². The molecule has 3 rings (SSSR count). The van der Waals surface area contributed by atoms with E-state index in [-0.39, 0.29) is 17.7 Å². The molecule has 5 nitrogen and oxygen atoms in total. The van der Waals surface area contributed by atoms with Crippen LogP contribution < -0.4 is 5.32 Å². The van der Waals surface area contributed by atoms with Crippen molar-refractivity contribution in [2.45, 2.75) is 57.4 Å². The van der Waals surface area contributed by atoms with Crippen molar-refractivity contribution in [3.63, 3.8) is 0 Å². The van der Waals surface area contributed by atoms with Crippen LogP contribution in [-0.4, -0.2) is 56.9 Å². The number of nitrogens with zero attached hydrogens (tertiary/aromatic N) is 1. The van der Waals surface area contributed by atoms with E-state index in [1.165, 1.54) is 51.2 Å². The molecule has 2 aliphatic carbocycles. The second kappa shape index (κ2) is 7.73. The zero-order valence-corrected chi connectivity index (χ0v) is 15.7. The number of likely N-dealkylation sites (tertiary alicyclic amines) is 1. The Morgan fingerprint density at radius 1 is 1.08 bits per heavy atom. The minimum atomic E-state index is -2.92. The first-order valence-electron chi connectivity index (χ1n) is 9.60. The summed E-state index contributed by atoms with van der Waals surface area (Å²) in [6.07, 6.45) is 10.8. The van der Waals surface area contributed by atoms with Gasteiger partial charge in [-0.05, 0) is 43.4 Å². The van der Waals surface area contributed by atoms with Crippen LogP contribution in [0.3, 0.4) is 0 Å². The van der Waals surface area contributed by atoms with Crippen molar-refractivity contribution in [1.29, 1.82) is 0 Å². The van der Waals surface area contributed by atoms with Crippen LogP contribution in [0.15, 0.2) is 0 Å². The van der Waals surface area contributed by atoms with Crippen LogP contribution in [-0.2, 0) is 14.6 Å². The van der Waals surface area contributed by atoms with E-state index >= 15 is 0 Å². The summed E-state index contributed by atoms with van der Waals surface area (Å²) >= 11 is 0. The molecular weight excluding hydrogens is 324 g/mol. The van der Waals surface area contributed by atoms with Crippen LogP contribution >= 0.6 is 0 Å². The number of nitrogens with one attached hydrogen (secondary N) is 1. The lowest BCUT2D eigenvalue weighted by Crippen LogP contribution is -2.42. The molecule has 2 atom stereocenters. The summed E-state index contributed by atoms with van der Waals surface area (Å²) in [5.41, 5.74) is 0. The topological polar surface area (TPSA) is 66.5 Å². The number of rotatable bonds is 7. The molecule has 0 spiro atoms. The molecule has 3 fully saturated rings. The summed E-state index contributed by atoms with van der Waals surface area (Å²) in [7, 11) is -2.92. The van der Waals surface area contributed by atoms with Crippen molar-refractivity contribution >= 4 is 15.7 Å². The number of carbonyl (C=O) groups excluding carboxylic acids is 1. The van der Waals surface area contributed by atoms with Crippen molar-refractivity contribution in [3.8, 4) is 0 Å². The molecule has 0 aromatic rings. The molecule has 0 aromatic carbocycles. The second-order valence-electron chi connectivity index (χ2n) is 8.27. The number of hydrogen-bond acceptors (Lipinski definition) is 4. The predicted octanol–water partition coefficient (Wildman–Crippen LogP) is 1.83. The minimum Gasteiger partial charge on any atom is -0.352 e. The molecule has 138 valence electrons. The zero-order chi connectivity index (χ0) is 17.2. The van der Waals surface area contributed by atoms with E-state index in [0.717, 1.165) is 19.0 Å². The van der Waals surface area contributed by atoms with Crippen LogP contribution in [0.2, 0.25) is 0 Å². The second-order valence-corrected chi connectivity index (χ2v) is 10.5. The maximum atomic E-state index is 12.5. The number of amides is 1. The molecule has 1 N–H and O–H groups in total. The molecule has 6 heteroatoms. The Kier molecular flexibility index (Phi) is 5.85. The maximum absolute atomic E-state index is 12.5. The highest BCUT2D eigenvalue weighted by Gasteiger charge is 2.43. The van der Waals surface area contributed by atoms with Crippen LogP contribution in [0.25, 0.3) is 0 Å². The first-order chi connectivity index (χ1) is 11.4. The first kappa shape index (κ1) is 18.2. The molecule has 1 aliphatic heterocycles. The third kappa shape index (κ3) is 5.45. The lowest BCUT2D eigenvalue weighted by molar-refractivity contribution is -0.123. The van der Waals surface area contributed by atoms with E-state index in [1.54, 1.807) is 0 Å². The average Bonchev–Trinajstić information content (AvgIpc) is 3.28. The van der Waals surface area contributed by atoms with Gasteiger partial charge in [0.15, 0.2) is 0 Å². The molecular formula is C18H32N2O3S. The molecule has 0 aromatic heterocycles. The predicted molar refractivity (Wildman–Crippen MR) is 95.5 cm³/mol. The molecule has 0 bridgehead atoms. The molecule has 3 aliphatic rings. The smallest absolute Gasteiger partial charge is 0.220 e. The van der Waals surface area contributed by atoms with E-state index in [9.17, 15) is 13.2 Å². The lowest BCUT2D eigenvalue weighted by Gasteiger charge is -2.24. The normalized spacial score (nSPS) is 29.7. The quantitative estimate of drug-likeness (QED) is 0.756. The lowest BCUT2D eigenvalue weighted by atomic mass is 9.86. The van der Waals surface area contributed by atoms with Crippen LogP contribution in [0.1, 0.15) is 51.4 Å². The van der Waals surface area contributed by atoms with Crippen LogP contribution in [0.5, 0.6) is 0 Å². The van der Waals surface area contributed by atoms with Gasteiger partial charge in [0, 0.05) is 38.4 Å². The van der Waals surface area contributed by atoms with Gasteiger partial charge in [-0.2, -0.15) is 0 Å². The fourth-order valence-corrected chi connectivity index (χ4v) is 5.05. The number of hydrogen-bond donors (Lipinski definition) is 1. The highest BCUT2D eigenvalue weighted by atomic mass is 32.2. The van der Waals surface area contributed by atoms with Gasteiger partial charge in [0.2, 0.25) is 5.91 Å². The van der Waals surface area contributed by atoms with Gasteiger partial charge in [-0.3, -0.25) is 9.69 Å². The summed E-state index contributed by atoms with van der Waals surface area (Å²) in [6, 6.07) is 0.216. The van der Waals surface area contributed by atoms with Gasteiger partial charge in [-0.25, -0.2) is 8.42 Å². The van der Waals surface area contributed by atoms with Gasteiger partial charge in [0.25, 0.3) is 0 Å². The summed E-state index contributed by atoms with van der Waals surface area (Å²) in [5.74, 6) is 2.24. The summed E-state index contributed by atoms with van der Waals surface area (Å²) in [5, 5.41) is 3.29. The van der Waals surface area contributed by atoms with Crippen molar-refractivity contribution < 1.29 is 13.2 Å². The molecule has 1 heterocycles. The van der Waals surface area contributed by atoms with Crippen molar-refractivity contribution in [2.75, 3.05) is 31.6 Å². The van der Waals surface area contributed by atoms with Gasteiger partial charge in [0.1, 0.15) is 9.84 Å². The fourth-order valence-electron chi connectivity index (χ4n) is 4.46. The molecule has 1 saturated heterocycles. The molecule has 0 unspecified atom stereocenters. The molecule has 0 radical (unpaired) electrons. The maximum Gasteiger partial charge on any atom is 0.220 e. The van der Waals surface area contributed by atoms with Gasteiger partial charge in [-0.1, -0.05) is 19.3 Å². The molecule has 1 amide bonds. The van der Waals surface area contributed by atoms with Crippen molar-refractivity contribution in [2.24, 2.45) is 17.8 Å². The SMILES string of the molecule is CS(=O)(=O)CCN1C[C@H](NC(=O)CC2CCCCC2)[C@@H](C2CC2)C1. The van der Waals surface area contributed by atoms with Crippen molar-refractivity contribution in [1.82, 2.24) is 10.2 Å². The number of carbonyl (C=O) groups is 1. The third-order valence-electron chi connectivity index (χ3n) is 5.99.